The van der Waals surface area contributed by atoms with Crippen molar-refractivity contribution in [2.45, 2.75) is 6.92 Å². The second kappa shape index (κ2) is 8.26. The first-order valence-corrected chi connectivity index (χ1v) is 8.93. The van der Waals surface area contributed by atoms with Crippen LogP contribution in [0.1, 0.15) is 18.1 Å². The second-order valence-corrected chi connectivity index (χ2v) is 6.61. The Labute approximate surface area is 169 Å². The van der Waals surface area contributed by atoms with E-state index in [2.05, 4.69) is 20.9 Å². The summed E-state index contributed by atoms with van der Waals surface area (Å²) in [5, 5.41) is 0. The van der Waals surface area contributed by atoms with E-state index in [4.69, 9.17) is 18.9 Å². The van der Waals surface area contributed by atoms with Gasteiger partial charge in [0.1, 0.15) is 0 Å². The molecule has 0 atom stereocenters. The Bertz CT molecular complexity index is 987. The molecule has 1 heterocycles. The zero-order valence-corrected chi connectivity index (χ0v) is 16.9. The van der Waals surface area contributed by atoms with E-state index in [0.717, 1.165) is 4.47 Å². The Morgan fingerprint density at radius 1 is 1.14 bits per heavy atom. The predicted octanol–water partition coefficient (Wildman–Crippen LogP) is 3.74. The average molecular weight is 446 g/mol. The lowest BCUT2D eigenvalue weighted by molar-refractivity contribution is -0.132. The zero-order valence-electron chi connectivity index (χ0n) is 15.3. The number of hydrogen-bond acceptors (Lipinski definition) is 7. The molecule has 7 nitrogen and oxygen atoms in total. The summed E-state index contributed by atoms with van der Waals surface area (Å²) in [6.45, 7) is 1.28. The molecule has 0 bridgehead atoms. The third kappa shape index (κ3) is 4.23. The quantitative estimate of drug-likeness (QED) is 0.396. The summed E-state index contributed by atoms with van der Waals surface area (Å²) in [6.07, 6.45) is 1.54. The molecule has 1 aliphatic heterocycles. The molecule has 2 aromatic rings. The maximum absolute atomic E-state index is 12.2. The normalized spacial score (nSPS) is 14.5. The number of carbonyl (C=O) groups is 2. The summed E-state index contributed by atoms with van der Waals surface area (Å²) < 4.78 is 21.8. The van der Waals surface area contributed by atoms with E-state index in [1.165, 1.54) is 27.2 Å². The van der Waals surface area contributed by atoms with Gasteiger partial charge in [0.25, 0.3) is 0 Å². The van der Waals surface area contributed by atoms with Gasteiger partial charge in [0.2, 0.25) is 11.6 Å². The van der Waals surface area contributed by atoms with E-state index in [1.54, 1.807) is 24.3 Å². The molecule has 28 heavy (non-hydrogen) atoms. The lowest BCUT2D eigenvalue weighted by Crippen LogP contribution is -2.05. The van der Waals surface area contributed by atoms with E-state index in [0.29, 0.717) is 11.1 Å². The number of nitrogens with zero attached hydrogens (tertiary/aromatic N) is 1. The van der Waals surface area contributed by atoms with Gasteiger partial charge in [-0.15, -0.1) is 0 Å². The first-order chi connectivity index (χ1) is 13.4. The van der Waals surface area contributed by atoms with Crippen LogP contribution < -0.4 is 14.2 Å². The van der Waals surface area contributed by atoms with E-state index in [9.17, 15) is 9.59 Å². The van der Waals surface area contributed by atoms with Crippen LogP contribution in [0.4, 0.5) is 0 Å². The lowest BCUT2D eigenvalue weighted by atomic mass is 10.1. The van der Waals surface area contributed by atoms with Gasteiger partial charge in [0, 0.05) is 17.0 Å². The molecule has 0 radical (unpaired) electrons. The maximum Gasteiger partial charge on any atom is 0.363 e. The molecular weight excluding hydrogens is 430 g/mol. The van der Waals surface area contributed by atoms with E-state index in [1.807, 2.05) is 12.1 Å². The van der Waals surface area contributed by atoms with Gasteiger partial charge in [0.05, 0.1) is 14.2 Å². The van der Waals surface area contributed by atoms with Crippen molar-refractivity contribution in [3.63, 3.8) is 0 Å². The number of carbonyl (C=O) groups excluding carboxylic acids is 2. The van der Waals surface area contributed by atoms with Gasteiger partial charge in [-0.05, 0) is 42.0 Å². The fourth-order valence-corrected chi connectivity index (χ4v) is 2.94. The van der Waals surface area contributed by atoms with Gasteiger partial charge in [-0.1, -0.05) is 22.0 Å². The van der Waals surface area contributed by atoms with E-state index >= 15 is 0 Å². The topological polar surface area (TPSA) is 83.4 Å². The van der Waals surface area contributed by atoms with Crippen LogP contribution in [0.25, 0.3) is 6.08 Å². The summed E-state index contributed by atoms with van der Waals surface area (Å²) in [7, 11) is 2.87. The molecule has 0 saturated carbocycles. The first kappa shape index (κ1) is 19.6. The predicted molar refractivity (Wildman–Crippen MR) is 106 cm³/mol. The number of esters is 2. The molecule has 1 aliphatic rings. The van der Waals surface area contributed by atoms with Crippen molar-refractivity contribution in [2.24, 2.45) is 4.99 Å². The molecule has 0 aromatic heterocycles. The number of methoxy groups -OCH3 is 2. The molecular formula is C20H16BrNO6. The van der Waals surface area contributed by atoms with E-state index in [-0.39, 0.29) is 28.8 Å². The van der Waals surface area contributed by atoms with Crippen LogP contribution in [0.5, 0.6) is 17.2 Å². The third-order valence-electron chi connectivity index (χ3n) is 3.72. The van der Waals surface area contributed by atoms with Gasteiger partial charge >= 0.3 is 11.9 Å². The Morgan fingerprint density at radius 3 is 2.39 bits per heavy atom. The highest BCUT2D eigenvalue weighted by molar-refractivity contribution is 9.10. The van der Waals surface area contributed by atoms with E-state index < -0.39 is 11.9 Å². The fraction of sp³-hybridized carbons (Fsp3) is 0.150. The molecule has 0 N–H and O–H groups in total. The highest BCUT2D eigenvalue weighted by Crippen LogP contribution is 2.39. The molecule has 0 saturated heterocycles. The van der Waals surface area contributed by atoms with Crippen LogP contribution in [0.3, 0.4) is 0 Å². The van der Waals surface area contributed by atoms with Crippen molar-refractivity contribution in [3.8, 4) is 17.2 Å². The minimum Gasteiger partial charge on any atom is -0.493 e. The van der Waals surface area contributed by atoms with Crippen LogP contribution in [-0.4, -0.2) is 32.1 Å². The monoisotopic (exact) mass is 445 g/mol. The number of halogens is 1. The van der Waals surface area contributed by atoms with Crippen molar-refractivity contribution in [1.82, 2.24) is 0 Å². The zero-order chi connectivity index (χ0) is 20.3. The number of benzene rings is 2. The molecule has 0 aliphatic carbocycles. The van der Waals surface area contributed by atoms with Gasteiger partial charge < -0.3 is 18.9 Å². The SMILES string of the molecule is COc1cc(/C=C2/N=C(c3cccc(Br)c3)OC2=O)cc(OC)c1OC(C)=O. The van der Waals surface area contributed by atoms with Crippen molar-refractivity contribution in [2.75, 3.05) is 14.2 Å². The summed E-state index contributed by atoms with van der Waals surface area (Å²) in [5.41, 5.74) is 1.36. The maximum atomic E-state index is 12.2. The Kier molecular flexibility index (Phi) is 5.79. The van der Waals surface area contributed by atoms with Gasteiger partial charge in [-0.3, -0.25) is 4.79 Å². The Hall–Kier alpha value is -3.13. The van der Waals surface area contributed by atoms with Crippen molar-refractivity contribution >= 4 is 39.8 Å². The van der Waals surface area contributed by atoms with Crippen LogP contribution in [-0.2, 0) is 14.3 Å². The van der Waals surface area contributed by atoms with Crippen molar-refractivity contribution in [3.05, 3.63) is 57.7 Å². The van der Waals surface area contributed by atoms with Crippen LogP contribution in [0.15, 0.2) is 51.6 Å². The summed E-state index contributed by atoms with van der Waals surface area (Å²) >= 11 is 3.37. The van der Waals surface area contributed by atoms with Gasteiger partial charge in [0.15, 0.2) is 17.2 Å². The molecule has 0 fully saturated rings. The summed E-state index contributed by atoms with van der Waals surface area (Å²) in [4.78, 5) is 27.8. The highest BCUT2D eigenvalue weighted by Gasteiger charge is 2.25. The van der Waals surface area contributed by atoms with Crippen molar-refractivity contribution in [1.29, 1.82) is 0 Å². The number of aliphatic imine (C=N–C) groups is 1. The second-order valence-electron chi connectivity index (χ2n) is 5.69. The fourth-order valence-electron chi connectivity index (χ4n) is 2.54. The first-order valence-electron chi connectivity index (χ1n) is 8.14. The summed E-state index contributed by atoms with van der Waals surface area (Å²) in [5.74, 6) is -0.143. The van der Waals surface area contributed by atoms with Crippen molar-refractivity contribution < 1.29 is 28.5 Å². The molecule has 0 spiro atoms. The number of ether oxygens (including phenoxy) is 4. The molecule has 2 aromatic carbocycles. The van der Waals surface area contributed by atoms with Crippen LogP contribution in [0.2, 0.25) is 0 Å². The lowest BCUT2D eigenvalue weighted by Gasteiger charge is -2.13. The minimum atomic E-state index is -0.572. The summed E-state index contributed by atoms with van der Waals surface area (Å²) in [6, 6.07) is 10.5. The largest absolute Gasteiger partial charge is 0.493 e. The molecule has 3 rings (SSSR count). The van der Waals surface area contributed by atoms with Crippen LogP contribution in [0, 0.1) is 0 Å². The van der Waals surface area contributed by atoms with Gasteiger partial charge in [-0.2, -0.15) is 0 Å². The van der Waals surface area contributed by atoms with Crippen LogP contribution >= 0.6 is 15.9 Å². The Morgan fingerprint density at radius 2 is 1.82 bits per heavy atom. The smallest absolute Gasteiger partial charge is 0.363 e. The molecule has 0 amide bonds. The third-order valence-corrected chi connectivity index (χ3v) is 4.22. The molecule has 0 unspecified atom stereocenters. The average Bonchev–Trinajstić information content (AvgIpc) is 3.02. The molecule has 144 valence electrons. The molecule has 8 heteroatoms. The number of hydrogen-bond donors (Lipinski definition) is 0. The standard InChI is InChI=1S/C20H16BrNO6/c1-11(23)27-18-16(25-2)8-12(9-17(18)26-3)7-15-20(24)28-19(22-15)13-5-4-6-14(21)10-13/h4-10H,1-3H3/b15-7+. The number of rotatable bonds is 5. The number of cyclic esters (lactones) is 1. The highest BCUT2D eigenvalue weighted by atomic mass is 79.9. The van der Waals surface area contributed by atoms with Gasteiger partial charge in [-0.25, -0.2) is 9.79 Å². The Balaban J connectivity index is 2.00. The minimum absolute atomic E-state index is 0.124.